The molecule has 0 radical (unpaired) electrons. The number of benzene rings is 3. The van der Waals surface area contributed by atoms with Crippen molar-refractivity contribution in [1.82, 2.24) is 0 Å². The molecule has 0 bridgehead atoms. The molecule has 0 aliphatic carbocycles. The summed E-state index contributed by atoms with van der Waals surface area (Å²) in [6, 6.07) is 25.0. The highest BCUT2D eigenvalue weighted by atomic mass is 16.5. The fraction of sp³-hybridized carbons (Fsp3) is 0.179. The average Bonchev–Trinajstić information content (AvgIpc) is 3.12. The van der Waals surface area contributed by atoms with Crippen molar-refractivity contribution in [3.05, 3.63) is 138 Å². The van der Waals surface area contributed by atoms with Crippen molar-refractivity contribution in [2.45, 2.75) is 39.8 Å². The molecule has 0 fully saturated rings. The molecular formula is C39H40N6O5+2. The number of hydrogen-bond donors (Lipinski definition) is 4. The third-order valence-corrected chi connectivity index (χ3v) is 7.71. The third-order valence-electron chi connectivity index (χ3n) is 7.71. The number of carbonyl (C=O) groups is 4. The Labute approximate surface area is 290 Å². The van der Waals surface area contributed by atoms with Crippen LogP contribution in [0.3, 0.4) is 0 Å². The van der Waals surface area contributed by atoms with Crippen LogP contribution in [0.5, 0.6) is 5.75 Å². The van der Waals surface area contributed by atoms with E-state index in [1.165, 1.54) is 25.3 Å². The minimum absolute atomic E-state index is 0.211. The van der Waals surface area contributed by atoms with Gasteiger partial charge in [-0.25, -0.2) is 9.13 Å². The molecule has 11 heteroatoms. The topological polar surface area (TPSA) is 133 Å². The Morgan fingerprint density at radius 1 is 0.540 bits per heavy atom. The second-order valence-electron chi connectivity index (χ2n) is 11.5. The number of nitrogens with one attached hydrogen (secondary N) is 4. The number of amides is 4. The van der Waals surface area contributed by atoms with Crippen LogP contribution in [0.2, 0.25) is 0 Å². The van der Waals surface area contributed by atoms with E-state index < -0.39 is 11.8 Å². The standard InChI is InChI=1S/C39H38N6O5/c1-4-20-44-22-6-8-32(25-44)42-36(46)27-10-15-30(16-11-27)40-38(48)29-14-19-34(35(24-29)50-3)39(49)41-31-17-12-28(13-18-31)37(47)43-33-9-7-23-45(26-33)21-5-2/h6-19,22-26H,4-5,20-21H2,1-3H3,(H2-2,40,41,42,43,46,47,48,49)/p+2. The van der Waals surface area contributed by atoms with Crippen LogP contribution in [0.1, 0.15) is 68.1 Å². The average molecular weight is 673 g/mol. The molecule has 0 atom stereocenters. The Balaban J connectivity index is 1.17. The van der Waals surface area contributed by atoms with E-state index in [1.807, 2.05) is 58.2 Å². The quantitative estimate of drug-likeness (QED) is 0.112. The van der Waals surface area contributed by atoms with E-state index in [1.54, 1.807) is 48.5 Å². The van der Waals surface area contributed by atoms with E-state index in [-0.39, 0.29) is 28.7 Å². The predicted octanol–water partition coefficient (Wildman–Crippen LogP) is 6.10. The first-order valence-corrected chi connectivity index (χ1v) is 16.4. The summed E-state index contributed by atoms with van der Waals surface area (Å²) in [7, 11) is 1.42. The van der Waals surface area contributed by atoms with Gasteiger partial charge >= 0.3 is 0 Å². The molecule has 0 aliphatic heterocycles. The van der Waals surface area contributed by atoms with Gasteiger partial charge in [-0.2, -0.15) is 0 Å². The number of methoxy groups -OCH3 is 1. The van der Waals surface area contributed by atoms with Gasteiger partial charge in [0.2, 0.25) is 0 Å². The first-order valence-electron chi connectivity index (χ1n) is 16.4. The zero-order valence-corrected chi connectivity index (χ0v) is 28.2. The summed E-state index contributed by atoms with van der Waals surface area (Å²) in [5, 5.41) is 11.4. The van der Waals surface area contributed by atoms with Gasteiger partial charge in [-0.1, -0.05) is 13.8 Å². The molecule has 0 saturated carbocycles. The Kier molecular flexibility index (Phi) is 11.6. The summed E-state index contributed by atoms with van der Waals surface area (Å²) >= 11 is 0. The third kappa shape index (κ3) is 9.16. The first kappa shape index (κ1) is 35.0. The maximum atomic E-state index is 13.2. The predicted molar refractivity (Wildman–Crippen MR) is 192 cm³/mol. The molecule has 5 rings (SSSR count). The molecule has 5 aromatic rings. The van der Waals surface area contributed by atoms with Crippen molar-refractivity contribution >= 4 is 46.4 Å². The fourth-order valence-corrected chi connectivity index (χ4v) is 5.22. The molecule has 3 aromatic carbocycles. The van der Waals surface area contributed by atoms with Crippen LogP contribution in [-0.4, -0.2) is 30.7 Å². The lowest BCUT2D eigenvalue weighted by molar-refractivity contribution is -0.696. The number of aryl methyl sites for hydroxylation is 2. The van der Waals surface area contributed by atoms with Crippen molar-refractivity contribution in [1.29, 1.82) is 0 Å². The molecule has 254 valence electrons. The van der Waals surface area contributed by atoms with Gasteiger partial charge in [-0.15, -0.1) is 0 Å². The van der Waals surface area contributed by atoms with Gasteiger partial charge in [0.1, 0.15) is 30.2 Å². The van der Waals surface area contributed by atoms with Crippen molar-refractivity contribution in [3.63, 3.8) is 0 Å². The first-order chi connectivity index (χ1) is 24.3. The highest BCUT2D eigenvalue weighted by Crippen LogP contribution is 2.23. The highest BCUT2D eigenvalue weighted by molar-refractivity contribution is 6.10. The van der Waals surface area contributed by atoms with E-state index in [9.17, 15) is 19.2 Å². The van der Waals surface area contributed by atoms with Crippen LogP contribution in [0.25, 0.3) is 0 Å². The van der Waals surface area contributed by atoms with Gasteiger partial charge in [0.15, 0.2) is 24.8 Å². The Morgan fingerprint density at radius 2 is 0.960 bits per heavy atom. The summed E-state index contributed by atoms with van der Waals surface area (Å²) in [4.78, 5) is 51.8. The van der Waals surface area contributed by atoms with E-state index in [0.717, 1.165) is 25.9 Å². The van der Waals surface area contributed by atoms with Gasteiger partial charge < -0.3 is 26.0 Å². The van der Waals surface area contributed by atoms with Gasteiger partial charge in [0, 0.05) is 53.0 Å². The van der Waals surface area contributed by atoms with Crippen molar-refractivity contribution in [2.24, 2.45) is 0 Å². The van der Waals surface area contributed by atoms with E-state index in [0.29, 0.717) is 33.9 Å². The minimum Gasteiger partial charge on any atom is -0.496 e. The highest BCUT2D eigenvalue weighted by Gasteiger charge is 2.17. The van der Waals surface area contributed by atoms with Crippen LogP contribution in [0, 0.1) is 0 Å². The number of rotatable bonds is 13. The molecule has 11 nitrogen and oxygen atoms in total. The summed E-state index contributed by atoms with van der Waals surface area (Å²) in [5.74, 6) is -1.18. The van der Waals surface area contributed by atoms with Crippen molar-refractivity contribution in [3.8, 4) is 5.75 Å². The largest absolute Gasteiger partial charge is 0.496 e. The van der Waals surface area contributed by atoms with E-state index in [4.69, 9.17) is 4.74 Å². The molecule has 2 aromatic heterocycles. The van der Waals surface area contributed by atoms with Crippen molar-refractivity contribution in [2.75, 3.05) is 28.4 Å². The summed E-state index contributed by atoms with van der Waals surface area (Å²) in [5.41, 5.74) is 3.74. The number of pyridine rings is 2. The molecule has 50 heavy (non-hydrogen) atoms. The maximum Gasteiger partial charge on any atom is 0.259 e. The summed E-state index contributed by atoms with van der Waals surface area (Å²) < 4.78 is 9.47. The monoisotopic (exact) mass is 672 g/mol. The molecule has 0 spiro atoms. The van der Waals surface area contributed by atoms with Crippen LogP contribution >= 0.6 is 0 Å². The molecular weight excluding hydrogens is 632 g/mol. The van der Waals surface area contributed by atoms with Crippen LogP contribution in [0.15, 0.2) is 116 Å². The summed E-state index contributed by atoms with van der Waals surface area (Å²) in [6.45, 7) is 5.88. The number of aromatic nitrogens is 2. The molecule has 4 N–H and O–H groups in total. The second-order valence-corrected chi connectivity index (χ2v) is 11.5. The molecule has 0 aliphatic rings. The lowest BCUT2D eigenvalue weighted by Gasteiger charge is -2.12. The Morgan fingerprint density at radius 3 is 1.42 bits per heavy atom. The lowest BCUT2D eigenvalue weighted by atomic mass is 10.1. The second kappa shape index (κ2) is 16.6. The number of nitrogens with zero attached hydrogens (tertiary/aromatic N) is 2. The van der Waals surface area contributed by atoms with Crippen LogP contribution in [0.4, 0.5) is 22.7 Å². The molecule has 0 saturated heterocycles. The van der Waals surface area contributed by atoms with Crippen LogP contribution < -0.4 is 35.1 Å². The lowest BCUT2D eigenvalue weighted by Crippen LogP contribution is -2.33. The normalized spacial score (nSPS) is 10.5. The molecule has 2 heterocycles. The Bertz CT molecular complexity index is 1990. The zero-order chi connectivity index (χ0) is 35.5. The minimum atomic E-state index is -0.444. The molecule has 4 amide bonds. The molecule has 0 unspecified atom stereocenters. The number of hydrogen-bond acceptors (Lipinski definition) is 5. The van der Waals surface area contributed by atoms with E-state index >= 15 is 0 Å². The zero-order valence-electron chi connectivity index (χ0n) is 28.2. The van der Waals surface area contributed by atoms with E-state index in [2.05, 4.69) is 35.1 Å². The number of anilines is 4. The Hall–Kier alpha value is -6.36. The van der Waals surface area contributed by atoms with Gasteiger partial charge in [-0.3, -0.25) is 19.2 Å². The van der Waals surface area contributed by atoms with Crippen LogP contribution in [-0.2, 0) is 13.1 Å². The SMILES string of the molecule is CCC[n+]1cccc(NC(=O)c2ccc(NC(=O)c3ccc(C(=O)Nc4ccc(C(=O)Nc5ccc[n+](CCC)c5)cc4)c(OC)c3)cc2)c1. The van der Waals surface area contributed by atoms with Gasteiger partial charge in [-0.05, 0) is 78.9 Å². The van der Waals surface area contributed by atoms with Gasteiger partial charge in [0.25, 0.3) is 23.6 Å². The van der Waals surface area contributed by atoms with Crippen molar-refractivity contribution < 1.29 is 33.0 Å². The smallest absolute Gasteiger partial charge is 0.259 e. The maximum absolute atomic E-state index is 13.2. The fourth-order valence-electron chi connectivity index (χ4n) is 5.22. The number of ether oxygens (including phenoxy) is 1. The number of carbonyl (C=O) groups excluding carboxylic acids is 4. The van der Waals surface area contributed by atoms with Gasteiger partial charge in [0.05, 0.1) is 12.7 Å². The summed E-state index contributed by atoms with van der Waals surface area (Å²) in [6.07, 6.45) is 9.63.